The van der Waals surface area contributed by atoms with E-state index in [-0.39, 0.29) is 18.0 Å². The van der Waals surface area contributed by atoms with E-state index in [0.717, 1.165) is 31.7 Å². The molecule has 0 saturated carbocycles. The van der Waals surface area contributed by atoms with Crippen molar-refractivity contribution in [1.82, 2.24) is 14.5 Å². The highest BCUT2D eigenvalue weighted by Crippen LogP contribution is 2.30. The van der Waals surface area contributed by atoms with E-state index in [1.807, 2.05) is 24.4 Å². The van der Waals surface area contributed by atoms with Crippen LogP contribution in [0.4, 0.5) is 11.5 Å². The highest BCUT2D eigenvalue weighted by molar-refractivity contribution is 6.50. The Kier molecular flexibility index (Phi) is 5.11. The van der Waals surface area contributed by atoms with Gasteiger partial charge in [0.05, 0.1) is 11.9 Å². The Morgan fingerprint density at radius 1 is 1.11 bits per heavy atom. The molecule has 0 spiro atoms. The first kappa shape index (κ1) is 17.6. The summed E-state index contributed by atoms with van der Waals surface area (Å²) in [5.74, 6) is 0.222. The van der Waals surface area contributed by atoms with Crippen LogP contribution < -0.4 is 5.32 Å². The molecule has 1 saturated heterocycles. The molecule has 0 radical (unpaired) electrons. The largest absolute Gasteiger partial charge is 0.365 e. The van der Waals surface area contributed by atoms with Crippen LogP contribution in [-0.4, -0.2) is 58.0 Å². The van der Waals surface area contributed by atoms with E-state index in [1.165, 1.54) is 31.4 Å². The number of aliphatic imine (C=N–C) groups is 1. The summed E-state index contributed by atoms with van der Waals surface area (Å²) in [7, 11) is 0. The highest BCUT2D eigenvalue weighted by Gasteiger charge is 2.20. The van der Waals surface area contributed by atoms with Crippen LogP contribution in [0, 0.1) is 0 Å². The van der Waals surface area contributed by atoms with Crippen LogP contribution in [0.3, 0.4) is 0 Å². The van der Waals surface area contributed by atoms with E-state index < -0.39 is 0 Å². The summed E-state index contributed by atoms with van der Waals surface area (Å²) < 4.78 is 1.75. The third-order valence-corrected chi connectivity index (χ3v) is 4.96. The summed E-state index contributed by atoms with van der Waals surface area (Å²) in [6.07, 6.45) is 8.50. The smallest absolute Gasteiger partial charge is 0.188 e. The van der Waals surface area contributed by atoms with Crippen LogP contribution in [0.15, 0.2) is 41.5 Å². The molecule has 0 aromatic carbocycles. The average molecular weight is 365 g/mol. The van der Waals surface area contributed by atoms with Crippen LogP contribution in [0.1, 0.15) is 25.7 Å². The predicted octanol–water partition coefficient (Wildman–Crippen LogP) is 2.40. The molecule has 3 heterocycles. The number of hydrogen-bond acceptors (Lipinski definition) is 6. The second-order valence-corrected chi connectivity index (χ2v) is 6.95. The normalized spacial score (nSPS) is 19.9. The maximum atomic E-state index is 12.1. The molecule has 1 N–H and O–H groups in total. The van der Waals surface area contributed by atoms with Gasteiger partial charge in [-0.3, -0.25) is 9.59 Å². The summed E-state index contributed by atoms with van der Waals surface area (Å²) in [6, 6.07) is 5.74. The van der Waals surface area contributed by atoms with Crippen LogP contribution in [0.2, 0.25) is 0 Å². The van der Waals surface area contributed by atoms with Gasteiger partial charge in [0.2, 0.25) is 0 Å². The summed E-state index contributed by atoms with van der Waals surface area (Å²) in [5.41, 5.74) is 1.76. The van der Waals surface area contributed by atoms with E-state index in [9.17, 15) is 9.59 Å². The molecule has 0 atom stereocenters. The molecule has 2 aromatic heterocycles. The number of ketones is 2. The second kappa shape index (κ2) is 7.84. The van der Waals surface area contributed by atoms with Gasteiger partial charge >= 0.3 is 0 Å². The third kappa shape index (κ3) is 3.98. The van der Waals surface area contributed by atoms with Crippen LogP contribution in [0.25, 0.3) is 5.52 Å². The summed E-state index contributed by atoms with van der Waals surface area (Å²) in [5, 5.41) is 7.96. The van der Waals surface area contributed by atoms with Gasteiger partial charge in [0.25, 0.3) is 0 Å². The average Bonchev–Trinajstić information content (AvgIpc) is 3.02. The van der Waals surface area contributed by atoms with E-state index >= 15 is 0 Å². The van der Waals surface area contributed by atoms with Gasteiger partial charge in [0.1, 0.15) is 11.4 Å². The Labute approximate surface area is 157 Å². The summed E-state index contributed by atoms with van der Waals surface area (Å²) >= 11 is 0. The van der Waals surface area contributed by atoms with Crippen LogP contribution in [-0.2, 0) is 9.59 Å². The number of allylic oxidation sites excluding steroid dienone is 2. The summed E-state index contributed by atoms with van der Waals surface area (Å²) in [6.45, 7) is 4.02. The van der Waals surface area contributed by atoms with E-state index in [1.54, 1.807) is 4.52 Å². The van der Waals surface area contributed by atoms with Crippen LogP contribution in [0.5, 0.6) is 0 Å². The molecule has 1 fully saturated rings. The van der Waals surface area contributed by atoms with Gasteiger partial charge in [-0.25, -0.2) is 9.51 Å². The number of nitrogens with zero attached hydrogens (tertiary/aromatic N) is 4. The summed E-state index contributed by atoms with van der Waals surface area (Å²) in [4.78, 5) is 30.5. The van der Waals surface area contributed by atoms with Gasteiger partial charge in [-0.1, -0.05) is 12.5 Å². The molecule has 7 nitrogen and oxygen atoms in total. The first-order valence-corrected chi connectivity index (χ1v) is 9.47. The zero-order chi connectivity index (χ0) is 18.6. The lowest BCUT2D eigenvalue weighted by atomic mass is 10.0. The number of anilines is 1. The number of rotatable bonds is 5. The number of Topliss-reactive ketones (excluding diaryl/α,β-unsaturated/α-hetero) is 1. The molecule has 7 heteroatoms. The number of hydrogen-bond donors (Lipinski definition) is 1. The molecular formula is C20H23N5O2. The number of likely N-dealkylation sites (tertiary alicyclic amines) is 1. The molecule has 2 aliphatic rings. The maximum absolute atomic E-state index is 12.1. The van der Waals surface area contributed by atoms with Crippen molar-refractivity contribution in [2.24, 2.45) is 4.99 Å². The number of carbonyl (C=O) groups is 2. The Hall–Kier alpha value is -2.80. The second-order valence-electron chi connectivity index (χ2n) is 6.95. The topological polar surface area (TPSA) is 79.1 Å². The van der Waals surface area contributed by atoms with E-state index in [4.69, 9.17) is 0 Å². The number of aromatic nitrogens is 2. The zero-order valence-corrected chi connectivity index (χ0v) is 15.2. The van der Waals surface area contributed by atoms with E-state index in [2.05, 4.69) is 20.3 Å². The lowest BCUT2D eigenvalue weighted by Gasteiger charge is -2.26. The van der Waals surface area contributed by atoms with Crippen molar-refractivity contribution in [3.05, 3.63) is 36.5 Å². The Morgan fingerprint density at radius 2 is 1.96 bits per heavy atom. The Bertz CT molecular complexity index is 922. The standard InChI is InChI=1S/C20H23N5O2/c26-15-7-8-16(18(27)14-15)22-19-17-6-2-5-12-25(17)23-20(19)21-9-13-24-10-3-1-4-11-24/h2,5-8,12H,1,3-4,9-11,13-14H2,(H,21,23). The van der Waals surface area contributed by atoms with Gasteiger partial charge in [0, 0.05) is 19.3 Å². The van der Waals surface area contributed by atoms with Crippen molar-refractivity contribution in [2.45, 2.75) is 25.7 Å². The highest BCUT2D eigenvalue weighted by atomic mass is 16.1. The molecule has 1 aliphatic heterocycles. The molecule has 27 heavy (non-hydrogen) atoms. The van der Waals surface area contributed by atoms with Gasteiger partial charge in [0.15, 0.2) is 17.4 Å². The predicted molar refractivity (Wildman–Crippen MR) is 105 cm³/mol. The molecule has 1 aliphatic carbocycles. The van der Waals surface area contributed by atoms with Crippen LogP contribution >= 0.6 is 0 Å². The molecule has 0 unspecified atom stereocenters. The Morgan fingerprint density at radius 3 is 2.78 bits per heavy atom. The minimum atomic E-state index is -0.253. The molecular weight excluding hydrogens is 342 g/mol. The van der Waals surface area contributed by atoms with Crippen molar-refractivity contribution < 1.29 is 9.59 Å². The van der Waals surface area contributed by atoms with Crippen molar-refractivity contribution in [1.29, 1.82) is 0 Å². The quantitative estimate of drug-likeness (QED) is 0.823. The monoisotopic (exact) mass is 365 g/mol. The van der Waals surface area contributed by atoms with Gasteiger partial charge in [-0.2, -0.15) is 0 Å². The molecule has 0 bridgehead atoms. The van der Waals surface area contributed by atoms with Crippen molar-refractivity contribution in [2.75, 3.05) is 31.5 Å². The molecule has 0 amide bonds. The lowest BCUT2D eigenvalue weighted by molar-refractivity contribution is -0.121. The Balaban J connectivity index is 1.58. The zero-order valence-electron chi connectivity index (χ0n) is 15.2. The molecule has 4 rings (SSSR count). The van der Waals surface area contributed by atoms with Crippen molar-refractivity contribution in [3.8, 4) is 0 Å². The SMILES string of the molecule is O=C1C=CC(=Nc2c(NCCN3CCCCC3)nn3ccccc23)C(=O)C1. The minimum absolute atomic E-state index is 0.119. The molecule has 140 valence electrons. The number of fused-ring (bicyclic) bond motifs is 1. The van der Waals surface area contributed by atoms with Gasteiger partial charge < -0.3 is 10.2 Å². The fourth-order valence-electron chi connectivity index (χ4n) is 3.52. The fraction of sp³-hybridized carbons (Fsp3) is 0.400. The number of piperidine rings is 1. The van der Waals surface area contributed by atoms with Crippen molar-refractivity contribution in [3.63, 3.8) is 0 Å². The fourth-order valence-corrected chi connectivity index (χ4v) is 3.52. The third-order valence-electron chi connectivity index (χ3n) is 4.96. The number of carbonyl (C=O) groups excluding carboxylic acids is 2. The van der Waals surface area contributed by atoms with Crippen molar-refractivity contribution >= 4 is 34.3 Å². The number of nitrogens with one attached hydrogen (secondary N) is 1. The van der Waals surface area contributed by atoms with Gasteiger partial charge in [-0.15, -0.1) is 5.10 Å². The maximum Gasteiger partial charge on any atom is 0.188 e. The first-order chi connectivity index (χ1) is 13.2. The number of pyridine rings is 1. The first-order valence-electron chi connectivity index (χ1n) is 9.47. The van der Waals surface area contributed by atoms with E-state index in [0.29, 0.717) is 17.2 Å². The minimum Gasteiger partial charge on any atom is -0.365 e. The molecule has 2 aromatic rings. The lowest BCUT2D eigenvalue weighted by Crippen LogP contribution is -2.33. The van der Waals surface area contributed by atoms with Gasteiger partial charge in [-0.05, 0) is 50.2 Å².